The number of amides is 2. The second kappa shape index (κ2) is 8.03. The number of hydrogen-bond acceptors (Lipinski definition) is 2. The van der Waals surface area contributed by atoms with Crippen molar-refractivity contribution in [3.8, 4) is 0 Å². The normalized spacial score (nSPS) is 13.1. The molecule has 1 atom stereocenters. The van der Waals surface area contributed by atoms with Gasteiger partial charge in [0.05, 0.1) is 0 Å². The third-order valence-electron chi connectivity index (χ3n) is 4.24. The number of carbonyl (C=O) groups excluding carboxylic acids is 2. The Hall–Kier alpha value is -2.50. The number of carbonyl (C=O) groups is 2. The highest BCUT2D eigenvalue weighted by atomic mass is 35.5. The van der Waals surface area contributed by atoms with E-state index < -0.39 is 16.8 Å². The fourth-order valence-corrected chi connectivity index (χ4v) is 3.50. The number of para-hydroxylation sites is 1. The van der Waals surface area contributed by atoms with Crippen molar-refractivity contribution in [2.75, 3.05) is 0 Å². The van der Waals surface area contributed by atoms with Crippen LogP contribution in [-0.2, 0) is 22.6 Å². The lowest BCUT2D eigenvalue weighted by molar-refractivity contribution is -0.129. The van der Waals surface area contributed by atoms with Crippen molar-refractivity contribution in [3.05, 3.63) is 70.9 Å². The van der Waals surface area contributed by atoms with E-state index in [9.17, 15) is 9.59 Å². The second-order valence-corrected chi connectivity index (χ2v) is 7.35. The summed E-state index contributed by atoms with van der Waals surface area (Å²) < 4.78 is 0. The van der Waals surface area contributed by atoms with Crippen molar-refractivity contribution in [1.29, 1.82) is 0 Å². The SMILES string of the molecule is CC(=O)NC(Cl)(Cc1c[nH]c2ccccc12)C(=O)NCc1ccccc1Cl. The molecule has 3 N–H and O–H groups in total. The minimum atomic E-state index is -1.61. The van der Waals surface area contributed by atoms with E-state index in [0.29, 0.717) is 5.02 Å². The largest absolute Gasteiger partial charge is 0.361 e. The summed E-state index contributed by atoms with van der Waals surface area (Å²) in [5.74, 6) is -0.887. The molecule has 0 saturated carbocycles. The van der Waals surface area contributed by atoms with Crippen LogP contribution in [0.25, 0.3) is 10.9 Å². The van der Waals surface area contributed by atoms with Gasteiger partial charge in [0.25, 0.3) is 5.91 Å². The minimum Gasteiger partial charge on any atom is -0.361 e. The van der Waals surface area contributed by atoms with Gasteiger partial charge in [-0.3, -0.25) is 9.59 Å². The molecule has 7 heteroatoms. The Balaban J connectivity index is 1.82. The number of H-pyrrole nitrogens is 1. The fourth-order valence-electron chi connectivity index (χ4n) is 2.96. The number of fused-ring (bicyclic) bond motifs is 1. The third-order valence-corrected chi connectivity index (χ3v) is 5.01. The zero-order chi connectivity index (χ0) is 19.4. The number of hydrogen-bond donors (Lipinski definition) is 3. The summed E-state index contributed by atoms with van der Waals surface area (Å²) in [6.45, 7) is 1.54. The molecule has 0 radical (unpaired) electrons. The van der Waals surface area contributed by atoms with Gasteiger partial charge in [-0.2, -0.15) is 0 Å². The molecule has 1 heterocycles. The first-order valence-corrected chi connectivity index (χ1v) is 9.19. The van der Waals surface area contributed by atoms with Crippen molar-refractivity contribution >= 4 is 45.9 Å². The second-order valence-electron chi connectivity index (χ2n) is 6.29. The summed E-state index contributed by atoms with van der Waals surface area (Å²) in [4.78, 5) is 26.1. The number of rotatable bonds is 6. The van der Waals surface area contributed by atoms with E-state index in [1.165, 1.54) is 6.92 Å². The molecule has 3 rings (SSSR count). The zero-order valence-electron chi connectivity index (χ0n) is 14.7. The zero-order valence-corrected chi connectivity index (χ0v) is 16.2. The molecule has 3 aromatic rings. The van der Waals surface area contributed by atoms with Gasteiger partial charge < -0.3 is 15.6 Å². The number of nitrogens with one attached hydrogen (secondary N) is 3. The lowest BCUT2D eigenvalue weighted by Crippen LogP contribution is -2.55. The van der Waals surface area contributed by atoms with Crippen LogP contribution < -0.4 is 10.6 Å². The predicted molar refractivity (Wildman–Crippen MR) is 108 cm³/mol. The first kappa shape index (κ1) is 19.3. The van der Waals surface area contributed by atoms with Crippen LogP contribution in [0.4, 0.5) is 0 Å². The summed E-state index contributed by atoms with van der Waals surface area (Å²) in [5.41, 5.74) is 2.54. The molecule has 0 saturated heterocycles. The molecule has 27 heavy (non-hydrogen) atoms. The Labute approximate surface area is 167 Å². The Morgan fingerprint density at radius 2 is 1.78 bits per heavy atom. The molecule has 1 unspecified atom stereocenters. The molecular formula is C20H19Cl2N3O2. The van der Waals surface area contributed by atoms with Gasteiger partial charge in [-0.1, -0.05) is 59.6 Å². The van der Waals surface area contributed by atoms with Gasteiger partial charge in [0.15, 0.2) is 5.00 Å². The topological polar surface area (TPSA) is 74.0 Å². The summed E-state index contributed by atoms with van der Waals surface area (Å²) in [7, 11) is 0. The maximum Gasteiger partial charge on any atom is 0.262 e. The molecule has 140 valence electrons. The number of alkyl halides is 1. The molecule has 0 aliphatic carbocycles. The fraction of sp³-hybridized carbons (Fsp3) is 0.200. The summed E-state index contributed by atoms with van der Waals surface area (Å²) in [6.07, 6.45) is 1.93. The minimum absolute atomic E-state index is 0.131. The molecule has 0 fully saturated rings. The average Bonchev–Trinajstić information content (AvgIpc) is 3.03. The highest BCUT2D eigenvalue weighted by Gasteiger charge is 2.38. The molecule has 0 aliphatic heterocycles. The van der Waals surface area contributed by atoms with Crippen LogP contribution in [0.2, 0.25) is 5.02 Å². The van der Waals surface area contributed by atoms with Crippen molar-refractivity contribution in [1.82, 2.24) is 15.6 Å². The standard InChI is InChI=1S/C20H19Cl2N3O2/c1-13(26)25-20(22,10-15-12-23-18-9-5-3-7-16(15)18)19(27)24-11-14-6-2-4-8-17(14)21/h2-9,12,23H,10-11H2,1H3,(H,24,27)(H,25,26). The van der Waals surface area contributed by atoms with E-state index in [0.717, 1.165) is 22.0 Å². The van der Waals surface area contributed by atoms with E-state index in [-0.39, 0.29) is 13.0 Å². The van der Waals surface area contributed by atoms with Crippen LogP contribution in [-0.4, -0.2) is 21.8 Å². The van der Waals surface area contributed by atoms with Crippen LogP contribution in [0, 0.1) is 0 Å². The van der Waals surface area contributed by atoms with Crippen molar-refractivity contribution in [3.63, 3.8) is 0 Å². The molecule has 0 spiro atoms. The van der Waals surface area contributed by atoms with Crippen molar-refractivity contribution in [2.24, 2.45) is 0 Å². The van der Waals surface area contributed by atoms with Crippen LogP contribution in [0.1, 0.15) is 18.1 Å². The highest BCUT2D eigenvalue weighted by Crippen LogP contribution is 2.26. The Kier molecular flexibility index (Phi) is 5.73. The van der Waals surface area contributed by atoms with E-state index >= 15 is 0 Å². The van der Waals surface area contributed by atoms with E-state index in [1.54, 1.807) is 12.3 Å². The first-order chi connectivity index (χ1) is 12.9. The van der Waals surface area contributed by atoms with Crippen LogP contribution in [0.15, 0.2) is 54.7 Å². The van der Waals surface area contributed by atoms with Crippen molar-refractivity contribution < 1.29 is 9.59 Å². The van der Waals surface area contributed by atoms with E-state index in [2.05, 4.69) is 15.6 Å². The number of benzene rings is 2. The van der Waals surface area contributed by atoms with Crippen LogP contribution >= 0.6 is 23.2 Å². The van der Waals surface area contributed by atoms with Gasteiger partial charge >= 0.3 is 0 Å². The molecule has 0 aliphatic rings. The smallest absolute Gasteiger partial charge is 0.262 e. The first-order valence-electron chi connectivity index (χ1n) is 8.43. The summed E-state index contributed by atoms with van der Waals surface area (Å²) in [6, 6.07) is 14.9. The van der Waals surface area contributed by atoms with Gasteiger partial charge in [-0.05, 0) is 23.3 Å². The molecule has 0 bridgehead atoms. The third kappa shape index (κ3) is 4.43. The van der Waals surface area contributed by atoms with E-state index in [4.69, 9.17) is 23.2 Å². The molecule has 2 amide bonds. The Morgan fingerprint density at radius 1 is 1.07 bits per heavy atom. The van der Waals surface area contributed by atoms with Gasteiger partial charge in [-0.15, -0.1) is 0 Å². The monoisotopic (exact) mass is 403 g/mol. The number of halogens is 2. The van der Waals surface area contributed by atoms with Crippen LogP contribution in [0.5, 0.6) is 0 Å². The Bertz CT molecular complexity index is 986. The van der Waals surface area contributed by atoms with E-state index in [1.807, 2.05) is 42.5 Å². The summed E-state index contributed by atoms with van der Waals surface area (Å²) in [5, 5.41) is 6.84. The molecule has 5 nitrogen and oxygen atoms in total. The lowest BCUT2D eigenvalue weighted by Gasteiger charge is -2.26. The maximum atomic E-state index is 12.8. The average molecular weight is 404 g/mol. The molecule has 2 aromatic carbocycles. The number of aromatic nitrogens is 1. The molecule has 1 aromatic heterocycles. The maximum absolute atomic E-state index is 12.8. The lowest BCUT2D eigenvalue weighted by atomic mass is 10.0. The highest BCUT2D eigenvalue weighted by molar-refractivity contribution is 6.35. The van der Waals surface area contributed by atoms with Crippen molar-refractivity contribution in [2.45, 2.75) is 24.9 Å². The predicted octanol–water partition coefficient (Wildman–Crippen LogP) is 3.75. The molecular weight excluding hydrogens is 385 g/mol. The summed E-state index contributed by atoms with van der Waals surface area (Å²) >= 11 is 12.7. The van der Waals surface area contributed by atoms with Gasteiger partial charge in [-0.25, -0.2) is 0 Å². The van der Waals surface area contributed by atoms with Gasteiger partial charge in [0.2, 0.25) is 5.91 Å². The van der Waals surface area contributed by atoms with Gasteiger partial charge in [0.1, 0.15) is 0 Å². The Morgan fingerprint density at radius 3 is 2.52 bits per heavy atom. The van der Waals surface area contributed by atoms with Crippen LogP contribution in [0.3, 0.4) is 0 Å². The quantitative estimate of drug-likeness (QED) is 0.433. The number of aromatic amines is 1. The van der Waals surface area contributed by atoms with Gasteiger partial charge in [0, 0.05) is 42.0 Å².